The molecule has 0 amide bonds. The van der Waals surface area contributed by atoms with Gasteiger partial charge in [-0.2, -0.15) is 4.98 Å². The molecular formula is C12H19BrN4O. The van der Waals surface area contributed by atoms with Gasteiger partial charge in [-0.15, -0.1) is 0 Å². The second-order valence-electron chi connectivity index (χ2n) is 4.68. The van der Waals surface area contributed by atoms with Crippen LogP contribution >= 0.6 is 15.9 Å². The third kappa shape index (κ3) is 2.92. The molecule has 1 aromatic heterocycles. The number of aromatic nitrogens is 2. The van der Waals surface area contributed by atoms with E-state index in [-0.39, 0.29) is 6.10 Å². The molecule has 1 aliphatic heterocycles. The van der Waals surface area contributed by atoms with E-state index in [0.29, 0.717) is 11.9 Å². The molecule has 1 unspecified atom stereocenters. The molecule has 2 heterocycles. The van der Waals surface area contributed by atoms with Crippen molar-refractivity contribution >= 4 is 27.7 Å². The van der Waals surface area contributed by atoms with Gasteiger partial charge in [-0.3, -0.25) is 0 Å². The van der Waals surface area contributed by atoms with Crippen molar-refractivity contribution in [3.63, 3.8) is 0 Å². The van der Waals surface area contributed by atoms with Crippen molar-refractivity contribution < 1.29 is 5.11 Å². The third-order valence-corrected chi connectivity index (χ3v) is 4.03. The maximum atomic E-state index is 9.61. The lowest BCUT2D eigenvalue weighted by molar-refractivity contribution is 0.109. The largest absolute Gasteiger partial charge is 0.393 e. The summed E-state index contributed by atoms with van der Waals surface area (Å²) >= 11 is 3.50. The molecule has 1 aliphatic rings. The third-order valence-electron chi connectivity index (χ3n) is 3.47. The summed E-state index contributed by atoms with van der Waals surface area (Å²) in [6.07, 6.45) is 3.56. The Hall–Kier alpha value is -0.880. The molecule has 5 nitrogen and oxygen atoms in total. The van der Waals surface area contributed by atoms with Crippen molar-refractivity contribution in [2.75, 3.05) is 30.4 Å². The first-order chi connectivity index (χ1) is 8.61. The molecule has 1 saturated heterocycles. The normalized spacial score (nSPS) is 18.8. The molecule has 0 radical (unpaired) electrons. The van der Waals surface area contributed by atoms with Crippen LogP contribution in [0.3, 0.4) is 0 Å². The lowest BCUT2D eigenvalue weighted by atomic mass is 9.92. The quantitative estimate of drug-likeness (QED) is 0.892. The fourth-order valence-corrected chi connectivity index (χ4v) is 2.74. The number of rotatable bonds is 3. The van der Waals surface area contributed by atoms with E-state index >= 15 is 0 Å². The van der Waals surface area contributed by atoms with Gasteiger partial charge in [0.05, 0.1) is 10.6 Å². The van der Waals surface area contributed by atoms with Gasteiger partial charge in [0.15, 0.2) is 0 Å². The van der Waals surface area contributed by atoms with Crippen molar-refractivity contribution in [3.8, 4) is 0 Å². The summed E-state index contributed by atoms with van der Waals surface area (Å²) in [5.74, 6) is 1.97. The smallest absolute Gasteiger partial charge is 0.224 e. The van der Waals surface area contributed by atoms with Crippen molar-refractivity contribution in [1.29, 1.82) is 0 Å². The minimum absolute atomic E-state index is 0.214. The van der Waals surface area contributed by atoms with E-state index < -0.39 is 0 Å². The lowest BCUT2D eigenvalue weighted by Gasteiger charge is -2.34. The Kier molecular flexibility index (Phi) is 4.40. The molecule has 0 saturated carbocycles. The summed E-state index contributed by atoms with van der Waals surface area (Å²) in [7, 11) is 1.81. The summed E-state index contributed by atoms with van der Waals surface area (Å²) in [5, 5.41) is 12.6. The molecule has 1 fully saturated rings. The van der Waals surface area contributed by atoms with E-state index in [2.05, 4.69) is 36.1 Å². The Bertz CT molecular complexity index is 405. The van der Waals surface area contributed by atoms with Gasteiger partial charge in [0.2, 0.25) is 5.95 Å². The van der Waals surface area contributed by atoms with Crippen molar-refractivity contribution in [1.82, 2.24) is 9.97 Å². The Morgan fingerprint density at radius 2 is 2.17 bits per heavy atom. The van der Waals surface area contributed by atoms with Crippen LogP contribution in [0.1, 0.15) is 19.8 Å². The highest BCUT2D eigenvalue weighted by Gasteiger charge is 2.24. The Balaban J connectivity index is 2.09. The van der Waals surface area contributed by atoms with E-state index in [1.807, 2.05) is 14.0 Å². The highest BCUT2D eigenvalue weighted by atomic mass is 79.9. The van der Waals surface area contributed by atoms with Crippen molar-refractivity contribution in [2.45, 2.75) is 25.9 Å². The van der Waals surface area contributed by atoms with E-state index in [4.69, 9.17) is 0 Å². The first-order valence-corrected chi connectivity index (χ1v) is 7.04. The van der Waals surface area contributed by atoms with Crippen LogP contribution in [0.15, 0.2) is 10.7 Å². The van der Waals surface area contributed by atoms with Gasteiger partial charge in [0.25, 0.3) is 0 Å². The number of halogens is 1. The topological polar surface area (TPSA) is 61.3 Å². The molecule has 0 aliphatic carbocycles. The van der Waals surface area contributed by atoms with Crippen LogP contribution in [0, 0.1) is 5.92 Å². The lowest BCUT2D eigenvalue weighted by Crippen LogP contribution is -2.37. The molecule has 0 bridgehead atoms. The number of nitrogens with one attached hydrogen (secondary N) is 1. The number of anilines is 2. The molecule has 2 N–H and O–H groups in total. The van der Waals surface area contributed by atoms with Gasteiger partial charge in [-0.25, -0.2) is 4.98 Å². The second kappa shape index (κ2) is 5.84. The number of hydrogen-bond donors (Lipinski definition) is 2. The fourth-order valence-electron chi connectivity index (χ4n) is 2.29. The Labute approximate surface area is 116 Å². The average molecular weight is 315 g/mol. The Morgan fingerprint density at radius 1 is 1.50 bits per heavy atom. The maximum absolute atomic E-state index is 9.61. The molecule has 0 spiro atoms. The number of aliphatic hydroxyl groups excluding tert-OH is 1. The maximum Gasteiger partial charge on any atom is 0.224 e. The standard InChI is InChI=1S/C12H19BrN4O/c1-8(18)9-3-5-17(6-4-9)11-10(13)7-15-12(14-2)16-11/h7-9,18H,3-6H2,1-2H3,(H,14,15,16). The SMILES string of the molecule is CNc1ncc(Br)c(N2CCC(C(C)O)CC2)n1. The highest BCUT2D eigenvalue weighted by molar-refractivity contribution is 9.10. The summed E-state index contributed by atoms with van der Waals surface area (Å²) in [6, 6.07) is 0. The molecule has 18 heavy (non-hydrogen) atoms. The van der Waals surface area contributed by atoms with E-state index in [1.165, 1.54) is 0 Å². The number of piperidine rings is 1. The van der Waals surface area contributed by atoms with Crippen molar-refractivity contribution in [2.24, 2.45) is 5.92 Å². The number of aliphatic hydroxyl groups is 1. The van der Waals surface area contributed by atoms with Crippen LogP contribution in [0.5, 0.6) is 0 Å². The summed E-state index contributed by atoms with van der Waals surface area (Å²) < 4.78 is 0.914. The molecule has 2 rings (SSSR count). The zero-order valence-electron chi connectivity index (χ0n) is 10.7. The molecule has 100 valence electrons. The van der Waals surface area contributed by atoms with Gasteiger partial charge in [0.1, 0.15) is 5.82 Å². The van der Waals surface area contributed by atoms with Crippen LogP contribution in [0.4, 0.5) is 11.8 Å². The van der Waals surface area contributed by atoms with Gasteiger partial charge in [0, 0.05) is 26.3 Å². The zero-order valence-corrected chi connectivity index (χ0v) is 12.3. The van der Waals surface area contributed by atoms with Gasteiger partial charge >= 0.3 is 0 Å². The summed E-state index contributed by atoms with van der Waals surface area (Å²) in [4.78, 5) is 10.9. The van der Waals surface area contributed by atoms with Gasteiger partial charge < -0.3 is 15.3 Å². The minimum Gasteiger partial charge on any atom is -0.393 e. The average Bonchev–Trinajstić information content (AvgIpc) is 2.39. The predicted molar refractivity (Wildman–Crippen MR) is 75.9 cm³/mol. The monoisotopic (exact) mass is 314 g/mol. The van der Waals surface area contributed by atoms with Crippen molar-refractivity contribution in [3.05, 3.63) is 10.7 Å². The van der Waals surface area contributed by atoms with Gasteiger partial charge in [-0.1, -0.05) is 0 Å². The van der Waals surface area contributed by atoms with Crippen LogP contribution in [-0.2, 0) is 0 Å². The van der Waals surface area contributed by atoms with E-state index in [1.54, 1.807) is 6.20 Å². The number of hydrogen-bond acceptors (Lipinski definition) is 5. The first-order valence-electron chi connectivity index (χ1n) is 6.25. The summed E-state index contributed by atoms with van der Waals surface area (Å²) in [6.45, 7) is 3.72. The summed E-state index contributed by atoms with van der Waals surface area (Å²) in [5.41, 5.74) is 0. The van der Waals surface area contributed by atoms with Crippen LogP contribution in [-0.4, -0.2) is 41.3 Å². The zero-order chi connectivity index (χ0) is 13.1. The highest BCUT2D eigenvalue weighted by Crippen LogP contribution is 2.29. The van der Waals surface area contributed by atoms with Crippen LogP contribution < -0.4 is 10.2 Å². The predicted octanol–water partition coefficient (Wildman–Crippen LogP) is 1.88. The van der Waals surface area contributed by atoms with E-state index in [9.17, 15) is 5.11 Å². The minimum atomic E-state index is -0.214. The molecule has 1 atom stereocenters. The van der Waals surface area contributed by atoms with Crippen LogP contribution in [0.2, 0.25) is 0 Å². The molecule has 1 aromatic rings. The Morgan fingerprint density at radius 3 is 2.72 bits per heavy atom. The second-order valence-corrected chi connectivity index (χ2v) is 5.53. The van der Waals surface area contributed by atoms with Crippen LogP contribution in [0.25, 0.3) is 0 Å². The fraction of sp³-hybridized carbons (Fsp3) is 0.667. The molecular weight excluding hydrogens is 296 g/mol. The molecule has 6 heteroatoms. The number of nitrogens with zero attached hydrogens (tertiary/aromatic N) is 3. The van der Waals surface area contributed by atoms with E-state index in [0.717, 1.165) is 36.2 Å². The first kappa shape index (κ1) is 13.5. The van der Waals surface area contributed by atoms with Gasteiger partial charge in [-0.05, 0) is 41.6 Å². The molecule has 0 aromatic carbocycles.